The number of benzene rings is 1. The van der Waals surface area contributed by atoms with Gasteiger partial charge in [0.1, 0.15) is 5.82 Å². The lowest BCUT2D eigenvalue weighted by atomic mass is 9.99. The lowest BCUT2D eigenvalue weighted by Gasteiger charge is -2.14. The first-order chi connectivity index (χ1) is 7.68. The summed E-state index contributed by atoms with van der Waals surface area (Å²) in [4.78, 5) is 27.5. The maximum atomic E-state index is 13.0. The Hall–Kier alpha value is -2.30. The summed E-state index contributed by atoms with van der Waals surface area (Å²) in [7, 11) is 0. The molecule has 0 saturated heterocycles. The Morgan fingerprint density at radius 3 is 2.81 bits per heavy atom. The van der Waals surface area contributed by atoms with E-state index < -0.39 is 11.6 Å². The Balaban J connectivity index is 2.34. The van der Waals surface area contributed by atoms with Gasteiger partial charge < -0.3 is 0 Å². The van der Waals surface area contributed by atoms with Crippen molar-refractivity contribution >= 4 is 11.7 Å². The van der Waals surface area contributed by atoms with Gasteiger partial charge in [0.15, 0.2) is 5.82 Å². The molecule has 0 N–H and O–H groups in total. The van der Waals surface area contributed by atoms with Crippen molar-refractivity contribution in [1.82, 2.24) is 9.55 Å². The molecule has 0 unspecified atom stereocenters. The molecule has 0 bridgehead atoms. The molecule has 0 atom stereocenters. The van der Waals surface area contributed by atoms with Gasteiger partial charge in [0.25, 0.3) is 5.91 Å². The van der Waals surface area contributed by atoms with Crippen molar-refractivity contribution in [1.29, 1.82) is 0 Å². The summed E-state index contributed by atoms with van der Waals surface area (Å²) in [5.41, 5.74) is 0.278. The zero-order valence-corrected chi connectivity index (χ0v) is 7.98. The van der Waals surface area contributed by atoms with Crippen LogP contribution in [-0.2, 0) is 0 Å². The average molecular weight is 216 g/mol. The molecule has 0 aliphatic carbocycles. The third kappa shape index (κ3) is 0.995. The van der Waals surface area contributed by atoms with Gasteiger partial charge in [-0.05, 0) is 18.2 Å². The first-order valence-corrected chi connectivity index (χ1v) is 4.61. The third-order valence-electron chi connectivity index (χ3n) is 2.52. The van der Waals surface area contributed by atoms with Crippen LogP contribution in [0.3, 0.4) is 0 Å². The predicted octanol–water partition coefficient (Wildman–Crippen LogP) is 1.26. The molecule has 1 aliphatic heterocycles. The van der Waals surface area contributed by atoms with Crippen LogP contribution >= 0.6 is 0 Å². The van der Waals surface area contributed by atoms with Gasteiger partial charge in [0, 0.05) is 18.0 Å². The highest BCUT2D eigenvalue weighted by Gasteiger charge is 2.30. The van der Waals surface area contributed by atoms with Crippen molar-refractivity contribution in [2.75, 3.05) is 0 Å². The van der Waals surface area contributed by atoms with Crippen LogP contribution < -0.4 is 0 Å². The van der Waals surface area contributed by atoms with Crippen LogP contribution in [0.4, 0.5) is 4.39 Å². The van der Waals surface area contributed by atoms with Gasteiger partial charge >= 0.3 is 0 Å². The monoisotopic (exact) mass is 216 g/mol. The van der Waals surface area contributed by atoms with Crippen molar-refractivity contribution in [2.24, 2.45) is 0 Å². The number of hydrogen-bond acceptors (Lipinski definition) is 3. The lowest BCUT2D eigenvalue weighted by molar-refractivity contribution is 0.0907. The zero-order chi connectivity index (χ0) is 11.3. The minimum absolute atomic E-state index is 0.0306. The fraction of sp³-hybridized carbons (Fsp3) is 0. The van der Waals surface area contributed by atoms with Gasteiger partial charge in [-0.3, -0.25) is 14.2 Å². The summed E-state index contributed by atoms with van der Waals surface area (Å²) in [6.07, 6.45) is 2.79. The number of imidazole rings is 1. The maximum Gasteiger partial charge on any atom is 0.264 e. The van der Waals surface area contributed by atoms with Crippen molar-refractivity contribution < 1.29 is 14.0 Å². The number of halogens is 1. The van der Waals surface area contributed by atoms with Gasteiger partial charge in [0.05, 0.1) is 5.56 Å². The highest BCUT2D eigenvalue weighted by Crippen LogP contribution is 2.22. The van der Waals surface area contributed by atoms with Crippen LogP contribution in [0.2, 0.25) is 0 Å². The molecular weight excluding hydrogens is 211 g/mol. The van der Waals surface area contributed by atoms with E-state index in [1.54, 1.807) is 0 Å². The predicted molar refractivity (Wildman–Crippen MR) is 51.8 cm³/mol. The largest absolute Gasteiger partial charge is 0.285 e. The van der Waals surface area contributed by atoms with Crippen molar-refractivity contribution in [3.63, 3.8) is 0 Å². The molecule has 3 rings (SSSR count). The summed E-state index contributed by atoms with van der Waals surface area (Å²) >= 11 is 0. The van der Waals surface area contributed by atoms with E-state index in [1.165, 1.54) is 23.0 Å². The average Bonchev–Trinajstić information content (AvgIpc) is 2.75. The molecule has 0 saturated carbocycles. The van der Waals surface area contributed by atoms with Gasteiger partial charge in [-0.1, -0.05) is 0 Å². The van der Waals surface area contributed by atoms with E-state index in [2.05, 4.69) is 4.98 Å². The number of carbonyl (C=O) groups excluding carboxylic acids is 2. The minimum atomic E-state index is -0.542. The second-order valence-electron chi connectivity index (χ2n) is 3.45. The number of aromatic nitrogens is 2. The van der Waals surface area contributed by atoms with Gasteiger partial charge in [-0.2, -0.15) is 0 Å². The SMILES string of the molecule is O=C1c2cc(F)ccc2C(=O)n2ccnc21. The Bertz CT molecular complexity index is 631. The Kier molecular flexibility index (Phi) is 1.60. The van der Waals surface area contributed by atoms with E-state index in [4.69, 9.17) is 0 Å². The lowest BCUT2D eigenvalue weighted by Crippen LogP contribution is -2.27. The maximum absolute atomic E-state index is 13.0. The molecule has 0 radical (unpaired) electrons. The molecule has 16 heavy (non-hydrogen) atoms. The van der Waals surface area contributed by atoms with Crippen LogP contribution in [0.1, 0.15) is 26.5 Å². The molecule has 4 nitrogen and oxygen atoms in total. The first-order valence-electron chi connectivity index (χ1n) is 4.61. The molecule has 2 heterocycles. The molecule has 0 fully saturated rings. The second kappa shape index (κ2) is 2.85. The molecule has 78 valence electrons. The third-order valence-corrected chi connectivity index (χ3v) is 2.52. The van der Waals surface area contributed by atoms with E-state index in [1.807, 2.05) is 0 Å². The minimum Gasteiger partial charge on any atom is -0.285 e. The molecule has 1 aliphatic rings. The summed E-state index contributed by atoms with van der Waals surface area (Å²) in [6.45, 7) is 0. The fourth-order valence-electron chi connectivity index (χ4n) is 1.78. The Morgan fingerprint density at radius 1 is 1.19 bits per heavy atom. The van der Waals surface area contributed by atoms with Gasteiger partial charge in [-0.25, -0.2) is 9.37 Å². The van der Waals surface area contributed by atoms with E-state index >= 15 is 0 Å². The first kappa shape index (κ1) is 8.96. The standard InChI is InChI=1S/C11H5FN2O2/c12-6-1-2-7-8(5-6)9(15)10-13-3-4-14(10)11(7)16/h1-5H. The van der Waals surface area contributed by atoms with E-state index in [-0.39, 0.29) is 22.9 Å². The van der Waals surface area contributed by atoms with Gasteiger partial charge in [0.2, 0.25) is 5.78 Å². The van der Waals surface area contributed by atoms with Crippen LogP contribution in [-0.4, -0.2) is 21.2 Å². The van der Waals surface area contributed by atoms with Crippen molar-refractivity contribution in [3.8, 4) is 0 Å². The summed E-state index contributed by atoms with van der Waals surface area (Å²) in [5.74, 6) is -1.30. The number of carbonyl (C=O) groups is 2. The van der Waals surface area contributed by atoms with Crippen LogP contribution in [0.25, 0.3) is 0 Å². The molecule has 1 aromatic carbocycles. The molecular formula is C11H5FN2O2. The van der Waals surface area contributed by atoms with Crippen LogP contribution in [0.5, 0.6) is 0 Å². The molecule has 0 spiro atoms. The number of ketones is 1. The number of hydrogen-bond donors (Lipinski definition) is 0. The summed E-state index contributed by atoms with van der Waals surface area (Å²) < 4.78 is 14.2. The molecule has 2 aromatic rings. The smallest absolute Gasteiger partial charge is 0.264 e. The number of fused-ring (bicyclic) bond motifs is 2. The summed E-state index contributed by atoms with van der Waals surface area (Å²) in [5, 5.41) is 0. The van der Waals surface area contributed by atoms with Crippen LogP contribution in [0, 0.1) is 5.82 Å². The Morgan fingerprint density at radius 2 is 2.00 bits per heavy atom. The second-order valence-corrected chi connectivity index (χ2v) is 3.45. The molecule has 5 heteroatoms. The topological polar surface area (TPSA) is 52.0 Å². The van der Waals surface area contributed by atoms with Gasteiger partial charge in [-0.15, -0.1) is 0 Å². The fourth-order valence-corrected chi connectivity index (χ4v) is 1.78. The molecule has 1 aromatic heterocycles. The number of nitrogens with zero attached hydrogens (tertiary/aromatic N) is 2. The Labute approximate surface area is 89.3 Å². The van der Waals surface area contributed by atoms with E-state index in [0.717, 1.165) is 12.1 Å². The highest BCUT2D eigenvalue weighted by molar-refractivity contribution is 6.19. The van der Waals surface area contributed by atoms with E-state index in [9.17, 15) is 14.0 Å². The number of rotatable bonds is 0. The normalized spacial score (nSPS) is 13.6. The van der Waals surface area contributed by atoms with Crippen molar-refractivity contribution in [3.05, 3.63) is 53.4 Å². The van der Waals surface area contributed by atoms with Crippen LogP contribution in [0.15, 0.2) is 30.6 Å². The van der Waals surface area contributed by atoms with E-state index in [0.29, 0.717) is 0 Å². The quantitative estimate of drug-likeness (QED) is 0.568. The molecule has 0 amide bonds. The zero-order valence-electron chi connectivity index (χ0n) is 7.98. The summed E-state index contributed by atoms with van der Waals surface area (Å²) in [6, 6.07) is 3.54. The highest BCUT2D eigenvalue weighted by atomic mass is 19.1. The van der Waals surface area contributed by atoms with Crippen molar-refractivity contribution in [2.45, 2.75) is 0 Å².